The minimum Gasteiger partial charge on any atom is -0.454 e. The van der Waals surface area contributed by atoms with Crippen LogP contribution in [0.3, 0.4) is 0 Å². The van der Waals surface area contributed by atoms with Crippen LogP contribution in [0.1, 0.15) is 24.8 Å². The van der Waals surface area contributed by atoms with Gasteiger partial charge in [0.05, 0.1) is 20.7 Å². The van der Waals surface area contributed by atoms with E-state index in [1.54, 1.807) is 6.07 Å². The number of nitro benzene ring substituents is 1. The van der Waals surface area contributed by atoms with Crippen molar-refractivity contribution >= 4 is 34.6 Å². The second-order valence-electron chi connectivity index (χ2n) is 6.41. The summed E-state index contributed by atoms with van der Waals surface area (Å²) in [6.07, 6.45) is 3.14. The Labute approximate surface area is 152 Å². The predicted octanol–water partition coefficient (Wildman–Crippen LogP) is 5.68. The van der Waals surface area contributed by atoms with Crippen LogP contribution in [0, 0.1) is 15.9 Å². The normalized spacial score (nSPS) is 16.9. The molecule has 4 rings (SSSR count). The molecular formula is C17H13Cl2FN2O3. The van der Waals surface area contributed by atoms with Crippen molar-refractivity contribution in [3.05, 3.63) is 55.8 Å². The number of halogens is 3. The molecule has 1 aliphatic carbocycles. The first kappa shape index (κ1) is 16.4. The molecule has 1 N–H and O–H groups in total. The molecule has 0 amide bonds. The molecule has 2 aromatic carbocycles. The number of nitrogens with one attached hydrogen (secondary N) is 1. The van der Waals surface area contributed by atoms with Gasteiger partial charge in [-0.25, -0.2) is 4.39 Å². The fourth-order valence-corrected chi connectivity index (χ4v) is 4.06. The van der Waals surface area contributed by atoms with Crippen LogP contribution in [0.4, 0.5) is 15.8 Å². The zero-order valence-corrected chi connectivity index (χ0v) is 14.5. The van der Waals surface area contributed by atoms with Crippen molar-refractivity contribution in [2.75, 3.05) is 11.9 Å². The molecule has 130 valence electrons. The first-order valence-electron chi connectivity index (χ1n) is 7.79. The van der Waals surface area contributed by atoms with Crippen molar-refractivity contribution in [2.24, 2.45) is 0 Å². The Morgan fingerprint density at radius 3 is 2.44 bits per heavy atom. The highest BCUT2D eigenvalue weighted by molar-refractivity contribution is 6.37. The van der Waals surface area contributed by atoms with E-state index in [4.69, 9.17) is 27.9 Å². The third kappa shape index (κ3) is 2.60. The second-order valence-corrected chi connectivity index (χ2v) is 7.23. The Morgan fingerprint density at radius 2 is 1.88 bits per heavy atom. The van der Waals surface area contributed by atoms with Crippen LogP contribution in [0.15, 0.2) is 24.3 Å². The predicted molar refractivity (Wildman–Crippen MR) is 93.6 cm³/mol. The zero-order chi connectivity index (χ0) is 17.8. The van der Waals surface area contributed by atoms with Gasteiger partial charge in [0.25, 0.3) is 5.69 Å². The van der Waals surface area contributed by atoms with Crippen molar-refractivity contribution < 1.29 is 14.1 Å². The standard InChI is InChI=1S/C17H13Cl2FN2O3/c18-12-4-9(22(23)24)5-13(19)16(12)25-10-6-11-15(14(20)7-10)21-8-17(11)2-1-3-17/h4-7,21H,1-3,8H2. The smallest absolute Gasteiger partial charge is 0.272 e. The molecule has 1 saturated carbocycles. The maximum atomic E-state index is 14.4. The van der Waals surface area contributed by atoms with Gasteiger partial charge in [-0.1, -0.05) is 29.6 Å². The third-order valence-corrected chi connectivity index (χ3v) is 5.52. The van der Waals surface area contributed by atoms with Crippen LogP contribution in [0.2, 0.25) is 10.0 Å². The van der Waals surface area contributed by atoms with Gasteiger partial charge in [-0.05, 0) is 24.5 Å². The summed E-state index contributed by atoms with van der Waals surface area (Å²) < 4.78 is 20.1. The van der Waals surface area contributed by atoms with Gasteiger partial charge in [-0.15, -0.1) is 0 Å². The van der Waals surface area contributed by atoms with Crippen molar-refractivity contribution in [1.29, 1.82) is 0 Å². The molecule has 5 nitrogen and oxygen atoms in total. The average molecular weight is 383 g/mol. The van der Waals surface area contributed by atoms with Gasteiger partial charge in [-0.2, -0.15) is 0 Å². The van der Waals surface area contributed by atoms with Gasteiger partial charge >= 0.3 is 0 Å². The van der Waals surface area contributed by atoms with Crippen molar-refractivity contribution in [3.63, 3.8) is 0 Å². The van der Waals surface area contributed by atoms with Crippen molar-refractivity contribution in [3.8, 4) is 11.5 Å². The van der Waals surface area contributed by atoms with Crippen LogP contribution in [0.5, 0.6) is 11.5 Å². The van der Waals surface area contributed by atoms with Crippen LogP contribution in [0.25, 0.3) is 0 Å². The molecule has 8 heteroatoms. The number of nitro groups is 1. The molecule has 0 saturated heterocycles. The molecule has 2 aliphatic rings. The number of nitrogens with zero attached hydrogens (tertiary/aromatic N) is 1. The van der Waals surface area contributed by atoms with E-state index in [9.17, 15) is 14.5 Å². The second kappa shape index (κ2) is 5.75. The highest BCUT2D eigenvalue weighted by Crippen LogP contribution is 2.52. The lowest BCUT2D eigenvalue weighted by Gasteiger charge is -2.38. The molecule has 1 fully saturated rings. The van der Waals surface area contributed by atoms with Gasteiger partial charge in [-0.3, -0.25) is 10.1 Å². The molecule has 0 bridgehead atoms. The van der Waals surface area contributed by atoms with E-state index in [0.717, 1.165) is 43.5 Å². The van der Waals surface area contributed by atoms with Crippen molar-refractivity contribution in [1.82, 2.24) is 0 Å². The highest BCUT2D eigenvalue weighted by Gasteiger charge is 2.45. The Hall–Kier alpha value is -2.05. The third-order valence-electron chi connectivity index (χ3n) is 4.96. The van der Waals surface area contributed by atoms with Gasteiger partial charge in [0.2, 0.25) is 0 Å². The summed E-state index contributed by atoms with van der Waals surface area (Å²) >= 11 is 12.1. The number of benzene rings is 2. The lowest BCUT2D eigenvalue weighted by molar-refractivity contribution is -0.384. The molecule has 1 aliphatic heterocycles. The minimum atomic E-state index is -0.595. The number of hydrogen-bond acceptors (Lipinski definition) is 4. The Balaban J connectivity index is 1.72. The van der Waals surface area contributed by atoms with E-state index in [1.165, 1.54) is 6.07 Å². The SMILES string of the molecule is O=[N+]([O-])c1cc(Cl)c(Oc2cc(F)c3c(c2)C2(CCC2)CN3)c(Cl)c1. The maximum Gasteiger partial charge on any atom is 0.272 e. The van der Waals surface area contributed by atoms with Crippen molar-refractivity contribution in [2.45, 2.75) is 24.7 Å². The number of ether oxygens (including phenoxy) is 1. The zero-order valence-electron chi connectivity index (χ0n) is 12.9. The quantitative estimate of drug-likeness (QED) is 0.547. The fraction of sp³-hybridized carbons (Fsp3) is 0.294. The largest absolute Gasteiger partial charge is 0.454 e. The summed E-state index contributed by atoms with van der Waals surface area (Å²) in [5, 5.41) is 14.0. The Kier molecular flexibility index (Phi) is 3.77. The van der Waals surface area contributed by atoms with Crippen LogP contribution >= 0.6 is 23.2 Å². The summed E-state index contributed by atoms with van der Waals surface area (Å²) in [4.78, 5) is 10.3. The molecule has 0 atom stereocenters. The first-order chi connectivity index (χ1) is 11.9. The van der Waals surface area contributed by atoms with E-state index in [0.29, 0.717) is 5.69 Å². The average Bonchev–Trinajstić information content (AvgIpc) is 2.90. The Morgan fingerprint density at radius 1 is 1.20 bits per heavy atom. The molecule has 1 spiro atoms. The molecule has 0 aromatic heterocycles. The molecular weight excluding hydrogens is 370 g/mol. The monoisotopic (exact) mass is 382 g/mol. The molecule has 0 radical (unpaired) electrons. The number of non-ortho nitro benzene ring substituents is 1. The van der Waals surface area contributed by atoms with Gasteiger partial charge in [0.15, 0.2) is 5.75 Å². The summed E-state index contributed by atoms with van der Waals surface area (Å²) in [5.74, 6) is -0.0591. The summed E-state index contributed by atoms with van der Waals surface area (Å²) in [5.41, 5.74) is 1.16. The van der Waals surface area contributed by atoms with E-state index in [1.807, 2.05) is 0 Å². The number of rotatable bonds is 3. The highest BCUT2D eigenvalue weighted by atomic mass is 35.5. The van der Waals surface area contributed by atoms with Crippen LogP contribution < -0.4 is 10.1 Å². The van der Waals surface area contributed by atoms with Crippen LogP contribution in [-0.4, -0.2) is 11.5 Å². The van der Waals surface area contributed by atoms with Gasteiger partial charge in [0, 0.05) is 30.2 Å². The topological polar surface area (TPSA) is 64.4 Å². The summed E-state index contributed by atoms with van der Waals surface area (Å²) in [6, 6.07) is 5.37. The van der Waals surface area contributed by atoms with E-state index in [2.05, 4.69) is 5.32 Å². The molecule has 2 aromatic rings. The number of anilines is 1. The lowest BCUT2D eigenvalue weighted by atomic mass is 9.66. The van der Waals surface area contributed by atoms with E-state index in [-0.39, 0.29) is 32.6 Å². The molecule has 25 heavy (non-hydrogen) atoms. The molecule has 0 unspecified atom stereocenters. The lowest BCUT2D eigenvalue weighted by Crippen LogP contribution is -2.35. The fourth-order valence-electron chi connectivity index (χ4n) is 3.51. The number of fused-ring (bicyclic) bond motifs is 2. The van der Waals surface area contributed by atoms with Crippen LogP contribution in [-0.2, 0) is 5.41 Å². The van der Waals surface area contributed by atoms with Gasteiger partial charge < -0.3 is 10.1 Å². The molecule has 1 heterocycles. The minimum absolute atomic E-state index is 0.00316. The van der Waals surface area contributed by atoms with E-state index < -0.39 is 10.7 Å². The summed E-state index contributed by atoms with van der Waals surface area (Å²) in [6.45, 7) is 0.724. The summed E-state index contributed by atoms with van der Waals surface area (Å²) in [7, 11) is 0. The van der Waals surface area contributed by atoms with Gasteiger partial charge in [0.1, 0.15) is 11.6 Å². The Bertz CT molecular complexity index is 877. The van der Waals surface area contributed by atoms with E-state index >= 15 is 0 Å². The number of hydrogen-bond donors (Lipinski definition) is 1. The first-order valence-corrected chi connectivity index (χ1v) is 8.54. The maximum absolute atomic E-state index is 14.4.